The van der Waals surface area contributed by atoms with Gasteiger partial charge in [0.05, 0.1) is 16.6 Å². The molecule has 0 unspecified atom stereocenters. The summed E-state index contributed by atoms with van der Waals surface area (Å²) in [6, 6.07) is 7.22. The zero-order chi connectivity index (χ0) is 17.6. The molecule has 2 aromatic carbocycles. The number of nitrogen functional groups attached to an aromatic ring is 1. The topological polar surface area (TPSA) is 81.1 Å². The van der Waals surface area contributed by atoms with Gasteiger partial charge in [0.1, 0.15) is 5.75 Å². The molecule has 9 heteroatoms. The molecule has 0 fully saturated rings. The van der Waals surface area contributed by atoms with E-state index in [1.165, 1.54) is 24.3 Å². The second-order valence-corrected chi connectivity index (χ2v) is 5.42. The molecule has 1 aromatic heterocycles. The summed E-state index contributed by atoms with van der Waals surface area (Å²) in [5, 5.41) is 9.83. The number of halogens is 4. The van der Waals surface area contributed by atoms with Crippen molar-refractivity contribution in [1.82, 2.24) is 9.55 Å². The fraction of sp³-hybridized carbons (Fsp3) is 0.0667. The van der Waals surface area contributed by atoms with Gasteiger partial charge in [-0.25, -0.2) is 4.98 Å². The molecule has 0 radical (unpaired) electrons. The van der Waals surface area contributed by atoms with Crippen molar-refractivity contribution >= 4 is 28.2 Å². The van der Waals surface area contributed by atoms with Gasteiger partial charge in [0.25, 0.3) is 5.56 Å². The molecule has 5 nitrogen and oxygen atoms in total. The Morgan fingerprint density at radius 3 is 2.54 bits per heavy atom. The monoisotopic (exact) mass is 355 g/mol. The van der Waals surface area contributed by atoms with Gasteiger partial charge >= 0.3 is 6.18 Å². The molecule has 0 saturated carbocycles. The quantitative estimate of drug-likeness (QED) is 0.656. The molecule has 0 aliphatic heterocycles. The highest BCUT2D eigenvalue weighted by Crippen LogP contribution is 2.33. The second-order valence-electron chi connectivity index (χ2n) is 4.98. The van der Waals surface area contributed by atoms with Crippen LogP contribution in [0.2, 0.25) is 5.02 Å². The minimum absolute atomic E-state index is 0.0514. The van der Waals surface area contributed by atoms with Crippen molar-refractivity contribution in [3.63, 3.8) is 0 Å². The molecule has 0 spiro atoms. The summed E-state index contributed by atoms with van der Waals surface area (Å²) < 4.78 is 40.5. The van der Waals surface area contributed by atoms with E-state index in [0.29, 0.717) is 0 Å². The lowest BCUT2D eigenvalue weighted by Crippen LogP contribution is -2.29. The van der Waals surface area contributed by atoms with E-state index < -0.39 is 29.0 Å². The van der Waals surface area contributed by atoms with Crippen LogP contribution in [0.3, 0.4) is 0 Å². The standard InChI is InChI=1S/C15H9ClF3N3O2/c16-7-1-4-12(23)11(5-7)22-13(24)9-6-8(20)2-3-10(9)21-14(22)15(17,18)19/h1-6,23H,20H2. The average Bonchev–Trinajstić information content (AvgIpc) is 2.49. The molecular formula is C15H9ClF3N3O2. The minimum atomic E-state index is -4.93. The number of rotatable bonds is 1. The number of alkyl halides is 3. The van der Waals surface area contributed by atoms with Gasteiger partial charge in [0.2, 0.25) is 5.82 Å². The maximum atomic E-state index is 13.4. The van der Waals surface area contributed by atoms with Crippen molar-refractivity contribution in [2.75, 3.05) is 5.73 Å². The van der Waals surface area contributed by atoms with Crippen molar-refractivity contribution in [3.8, 4) is 11.4 Å². The Morgan fingerprint density at radius 2 is 1.88 bits per heavy atom. The molecule has 3 aromatic rings. The Kier molecular flexibility index (Phi) is 3.64. The summed E-state index contributed by atoms with van der Waals surface area (Å²) in [6.45, 7) is 0. The van der Waals surface area contributed by atoms with Crippen LogP contribution >= 0.6 is 11.6 Å². The third-order valence-electron chi connectivity index (χ3n) is 3.32. The fourth-order valence-electron chi connectivity index (χ4n) is 2.29. The lowest BCUT2D eigenvalue weighted by molar-refractivity contribution is -0.146. The number of anilines is 1. The van der Waals surface area contributed by atoms with Crippen LogP contribution in [0.15, 0.2) is 41.2 Å². The van der Waals surface area contributed by atoms with Crippen LogP contribution in [-0.2, 0) is 6.18 Å². The van der Waals surface area contributed by atoms with Crippen molar-refractivity contribution in [2.24, 2.45) is 0 Å². The largest absolute Gasteiger partial charge is 0.506 e. The number of benzene rings is 2. The van der Waals surface area contributed by atoms with Gasteiger partial charge in [-0.2, -0.15) is 13.2 Å². The smallest absolute Gasteiger partial charge is 0.450 e. The van der Waals surface area contributed by atoms with E-state index in [2.05, 4.69) is 4.98 Å². The normalized spacial score (nSPS) is 11.8. The number of aromatic hydroxyl groups is 1. The molecule has 0 atom stereocenters. The Morgan fingerprint density at radius 1 is 1.17 bits per heavy atom. The van der Waals surface area contributed by atoms with Crippen LogP contribution in [0.25, 0.3) is 16.6 Å². The fourth-order valence-corrected chi connectivity index (χ4v) is 2.46. The predicted molar refractivity (Wildman–Crippen MR) is 83.4 cm³/mol. The van der Waals surface area contributed by atoms with Crippen molar-refractivity contribution < 1.29 is 18.3 Å². The summed E-state index contributed by atoms with van der Waals surface area (Å²) in [7, 11) is 0. The molecule has 0 bridgehead atoms. The first-order valence-electron chi connectivity index (χ1n) is 6.57. The highest BCUT2D eigenvalue weighted by molar-refractivity contribution is 6.30. The van der Waals surface area contributed by atoms with Gasteiger partial charge in [-0.15, -0.1) is 0 Å². The summed E-state index contributed by atoms with van der Waals surface area (Å²) in [6.07, 6.45) is -4.93. The molecule has 0 aliphatic rings. The second kappa shape index (κ2) is 5.41. The number of phenolic OH excluding ortho intramolecular Hbond substituents is 1. The van der Waals surface area contributed by atoms with Crippen LogP contribution in [-0.4, -0.2) is 14.7 Å². The molecule has 3 N–H and O–H groups in total. The number of hydrogen-bond acceptors (Lipinski definition) is 4. The summed E-state index contributed by atoms with van der Waals surface area (Å²) in [4.78, 5) is 16.1. The van der Waals surface area contributed by atoms with Gasteiger partial charge in [0, 0.05) is 10.7 Å². The maximum absolute atomic E-state index is 13.4. The molecule has 0 saturated heterocycles. The Bertz CT molecular complexity index is 1020. The highest BCUT2D eigenvalue weighted by atomic mass is 35.5. The average molecular weight is 356 g/mol. The van der Waals surface area contributed by atoms with E-state index in [4.69, 9.17) is 17.3 Å². The number of aromatic nitrogens is 2. The first-order valence-corrected chi connectivity index (χ1v) is 6.94. The van der Waals surface area contributed by atoms with E-state index in [0.717, 1.165) is 12.1 Å². The van der Waals surface area contributed by atoms with Gasteiger partial charge < -0.3 is 10.8 Å². The van der Waals surface area contributed by atoms with Crippen molar-refractivity contribution in [2.45, 2.75) is 6.18 Å². The third kappa shape index (κ3) is 2.65. The number of nitrogens with zero attached hydrogens (tertiary/aromatic N) is 2. The molecule has 0 aliphatic carbocycles. The zero-order valence-electron chi connectivity index (χ0n) is 11.8. The SMILES string of the molecule is Nc1ccc2nc(C(F)(F)F)n(-c3cc(Cl)ccc3O)c(=O)c2c1. The van der Waals surface area contributed by atoms with E-state index >= 15 is 0 Å². The number of phenols is 1. The summed E-state index contributed by atoms with van der Waals surface area (Å²) >= 11 is 5.78. The van der Waals surface area contributed by atoms with Crippen LogP contribution in [0.1, 0.15) is 5.82 Å². The van der Waals surface area contributed by atoms with Gasteiger partial charge in [-0.05, 0) is 36.4 Å². The highest BCUT2D eigenvalue weighted by Gasteiger charge is 2.38. The Hall–Kier alpha value is -2.74. The lowest BCUT2D eigenvalue weighted by Gasteiger charge is -2.16. The summed E-state index contributed by atoms with van der Waals surface area (Å²) in [5.74, 6) is -2.01. The van der Waals surface area contributed by atoms with E-state index in [9.17, 15) is 23.1 Å². The lowest BCUT2D eigenvalue weighted by atomic mass is 10.2. The minimum Gasteiger partial charge on any atom is -0.506 e. The number of hydrogen-bond donors (Lipinski definition) is 2. The predicted octanol–water partition coefficient (Wildman–Crippen LogP) is 3.35. The first kappa shape index (κ1) is 16.1. The molecular weight excluding hydrogens is 347 g/mol. The van der Waals surface area contributed by atoms with Gasteiger partial charge in [-0.3, -0.25) is 9.36 Å². The van der Waals surface area contributed by atoms with E-state index in [1.54, 1.807) is 0 Å². The number of fused-ring (bicyclic) bond motifs is 1. The zero-order valence-corrected chi connectivity index (χ0v) is 12.6. The Balaban J connectivity index is 2.51. The van der Waals surface area contributed by atoms with Crippen molar-refractivity contribution in [1.29, 1.82) is 0 Å². The van der Waals surface area contributed by atoms with Gasteiger partial charge in [0.15, 0.2) is 0 Å². The van der Waals surface area contributed by atoms with Crippen LogP contribution in [0.5, 0.6) is 5.75 Å². The first-order chi connectivity index (χ1) is 11.2. The van der Waals surface area contributed by atoms with Crippen LogP contribution in [0, 0.1) is 0 Å². The number of nitrogens with two attached hydrogens (primary N) is 1. The summed E-state index contributed by atoms with van der Waals surface area (Å²) in [5.41, 5.74) is 4.20. The van der Waals surface area contributed by atoms with Crippen LogP contribution < -0.4 is 11.3 Å². The van der Waals surface area contributed by atoms with Crippen molar-refractivity contribution in [3.05, 3.63) is 57.6 Å². The maximum Gasteiger partial charge on any atom is 0.450 e. The molecule has 24 heavy (non-hydrogen) atoms. The Labute approximate surface area is 137 Å². The molecule has 1 heterocycles. The van der Waals surface area contributed by atoms with Gasteiger partial charge in [-0.1, -0.05) is 11.6 Å². The third-order valence-corrected chi connectivity index (χ3v) is 3.56. The van der Waals surface area contributed by atoms with E-state index in [1.807, 2.05) is 0 Å². The molecule has 0 amide bonds. The molecule has 3 rings (SSSR count). The molecule has 124 valence electrons. The van der Waals surface area contributed by atoms with Crippen LogP contribution in [0.4, 0.5) is 18.9 Å². The van der Waals surface area contributed by atoms with E-state index in [-0.39, 0.29) is 26.2 Å².